The van der Waals surface area contributed by atoms with E-state index in [1.807, 2.05) is 0 Å². The lowest BCUT2D eigenvalue weighted by molar-refractivity contribution is -0.385. The number of nitro groups is 1. The third-order valence-electron chi connectivity index (χ3n) is 2.16. The van der Waals surface area contributed by atoms with E-state index in [0.29, 0.717) is 0 Å². The van der Waals surface area contributed by atoms with Crippen molar-refractivity contribution >= 4 is 23.4 Å². The van der Waals surface area contributed by atoms with Crippen LogP contribution in [0.4, 0.5) is 17.5 Å². The second kappa shape index (κ2) is 5.25. The van der Waals surface area contributed by atoms with Gasteiger partial charge in [0, 0.05) is 14.1 Å². The zero-order valence-electron chi connectivity index (χ0n) is 10.3. The molecule has 1 aromatic heterocycles. The third kappa shape index (κ3) is 3.03. The van der Waals surface area contributed by atoms with E-state index in [1.54, 1.807) is 14.1 Å². The van der Waals surface area contributed by atoms with Crippen LogP contribution in [0.25, 0.3) is 0 Å². The topological polar surface area (TPSA) is 127 Å². The Hall–Kier alpha value is -2.45. The summed E-state index contributed by atoms with van der Waals surface area (Å²) in [5.41, 5.74) is 5.28. The van der Waals surface area contributed by atoms with Crippen LogP contribution >= 0.6 is 0 Å². The number of nitrogen functional groups attached to an aromatic ring is 1. The van der Waals surface area contributed by atoms with Crippen molar-refractivity contribution in [2.75, 3.05) is 31.7 Å². The molecule has 1 rings (SSSR count). The number of likely N-dealkylation sites (N-methyl/N-ethyl adjacent to an activating group) is 1. The first-order valence-corrected chi connectivity index (χ1v) is 5.05. The molecule has 0 aliphatic rings. The molecule has 98 valence electrons. The lowest BCUT2D eigenvalue weighted by atomic mass is 10.3. The largest absolute Gasteiger partial charge is 0.368 e. The number of nitrogens with one attached hydrogen (secondary N) is 1. The van der Waals surface area contributed by atoms with Crippen molar-refractivity contribution in [3.63, 3.8) is 0 Å². The van der Waals surface area contributed by atoms with Crippen LogP contribution in [0, 0.1) is 17.0 Å². The van der Waals surface area contributed by atoms with Gasteiger partial charge in [-0.2, -0.15) is 4.98 Å². The summed E-state index contributed by atoms with van der Waals surface area (Å²) in [7, 11) is 3.16. The molecule has 1 aromatic rings. The fourth-order valence-corrected chi connectivity index (χ4v) is 1.25. The molecule has 0 saturated carbocycles. The van der Waals surface area contributed by atoms with Crippen LogP contribution < -0.4 is 11.1 Å². The Morgan fingerprint density at radius 1 is 1.50 bits per heavy atom. The highest BCUT2D eigenvalue weighted by atomic mass is 16.6. The summed E-state index contributed by atoms with van der Waals surface area (Å²) in [6.07, 6.45) is 0. The lowest BCUT2D eigenvalue weighted by Crippen LogP contribution is -2.29. The number of aryl methyl sites for hydroxylation is 1. The van der Waals surface area contributed by atoms with Gasteiger partial charge in [-0.1, -0.05) is 0 Å². The van der Waals surface area contributed by atoms with Crippen molar-refractivity contribution in [3.05, 3.63) is 15.8 Å². The molecule has 0 aliphatic carbocycles. The van der Waals surface area contributed by atoms with E-state index in [0.717, 1.165) is 0 Å². The normalized spacial score (nSPS) is 9.94. The molecule has 0 aliphatic heterocycles. The zero-order valence-corrected chi connectivity index (χ0v) is 10.3. The van der Waals surface area contributed by atoms with Crippen LogP contribution in [0.15, 0.2) is 0 Å². The zero-order chi connectivity index (χ0) is 13.9. The predicted octanol–water partition coefficient (Wildman–Crippen LogP) is -0.224. The van der Waals surface area contributed by atoms with E-state index in [9.17, 15) is 14.9 Å². The Labute approximate surface area is 103 Å². The highest BCUT2D eigenvalue weighted by Gasteiger charge is 2.21. The van der Waals surface area contributed by atoms with Crippen LogP contribution in [0.1, 0.15) is 5.69 Å². The number of nitrogens with zero attached hydrogens (tertiary/aromatic N) is 4. The molecule has 0 fully saturated rings. The van der Waals surface area contributed by atoms with E-state index >= 15 is 0 Å². The first kappa shape index (κ1) is 13.6. The van der Waals surface area contributed by atoms with E-state index in [2.05, 4.69) is 15.3 Å². The van der Waals surface area contributed by atoms with Gasteiger partial charge in [-0.05, 0) is 6.92 Å². The number of rotatable bonds is 4. The molecule has 0 radical (unpaired) electrons. The minimum absolute atomic E-state index is 0.0554. The van der Waals surface area contributed by atoms with Gasteiger partial charge in [0.05, 0.1) is 11.5 Å². The van der Waals surface area contributed by atoms with Crippen LogP contribution in [0.2, 0.25) is 0 Å². The Balaban J connectivity index is 3.00. The van der Waals surface area contributed by atoms with Crippen LogP contribution in [0.3, 0.4) is 0 Å². The fourth-order valence-electron chi connectivity index (χ4n) is 1.25. The number of carbonyl (C=O) groups is 1. The number of hydrogen-bond donors (Lipinski definition) is 2. The molecule has 0 aromatic carbocycles. The van der Waals surface area contributed by atoms with Gasteiger partial charge < -0.3 is 16.0 Å². The molecule has 0 atom stereocenters. The van der Waals surface area contributed by atoms with Gasteiger partial charge in [0.2, 0.25) is 17.7 Å². The average molecular weight is 254 g/mol. The van der Waals surface area contributed by atoms with Crippen molar-refractivity contribution in [1.29, 1.82) is 0 Å². The summed E-state index contributed by atoms with van der Waals surface area (Å²) in [5.74, 6) is -0.378. The van der Waals surface area contributed by atoms with Crippen LogP contribution in [-0.2, 0) is 4.79 Å². The first-order valence-electron chi connectivity index (χ1n) is 5.05. The highest BCUT2D eigenvalue weighted by molar-refractivity contribution is 5.81. The third-order valence-corrected chi connectivity index (χ3v) is 2.16. The maximum absolute atomic E-state index is 11.4. The van der Waals surface area contributed by atoms with Crippen LogP contribution in [0.5, 0.6) is 0 Å². The summed E-state index contributed by atoms with van der Waals surface area (Å²) >= 11 is 0. The summed E-state index contributed by atoms with van der Waals surface area (Å²) in [5, 5.41) is 13.5. The molecule has 3 N–H and O–H groups in total. The number of amides is 1. The van der Waals surface area contributed by atoms with Gasteiger partial charge in [0.15, 0.2) is 0 Å². The number of nitrogens with two attached hydrogens (primary N) is 1. The summed E-state index contributed by atoms with van der Waals surface area (Å²) in [6, 6.07) is 0. The molecular weight excluding hydrogens is 240 g/mol. The van der Waals surface area contributed by atoms with Gasteiger partial charge >= 0.3 is 5.69 Å². The number of aromatic nitrogens is 2. The average Bonchev–Trinajstić information content (AvgIpc) is 2.23. The maximum Gasteiger partial charge on any atom is 0.332 e. The molecule has 0 saturated heterocycles. The molecule has 9 heteroatoms. The molecular formula is C9H14N6O3. The lowest BCUT2D eigenvalue weighted by Gasteiger charge is -2.11. The minimum atomic E-state index is -0.614. The van der Waals surface area contributed by atoms with Crippen molar-refractivity contribution < 1.29 is 9.72 Å². The maximum atomic E-state index is 11.4. The quantitative estimate of drug-likeness (QED) is 0.561. The van der Waals surface area contributed by atoms with Crippen molar-refractivity contribution in [2.24, 2.45) is 0 Å². The monoisotopic (exact) mass is 254 g/mol. The Morgan fingerprint density at radius 2 is 2.11 bits per heavy atom. The number of carbonyl (C=O) groups excluding carboxylic acids is 1. The molecule has 0 spiro atoms. The second-order valence-electron chi connectivity index (χ2n) is 3.76. The molecule has 0 bridgehead atoms. The standard InChI is InChI=1S/C9H14N6O3/c1-5-7(15(17)18)8(13-9(10)12-5)11-4-6(16)14(2)3/h4H2,1-3H3,(H3,10,11,12,13). The molecule has 18 heavy (non-hydrogen) atoms. The van der Waals surface area contributed by atoms with Gasteiger partial charge in [-0.25, -0.2) is 4.98 Å². The predicted molar refractivity (Wildman–Crippen MR) is 65.0 cm³/mol. The minimum Gasteiger partial charge on any atom is -0.368 e. The number of hydrogen-bond acceptors (Lipinski definition) is 7. The Kier molecular flexibility index (Phi) is 3.97. The van der Waals surface area contributed by atoms with Gasteiger partial charge in [0.1, 0.15) is 5.69 Å². The van der Waals surface area contributed by atoms with Crippen LogP contribution in [-0.4, -0.2) is 46.3 Å². The summed E-state index contributed by atoms with van der Waals surface area (Å²) < 4.78 is 0. The fraction of sp³-hybridized carbons (Fsp3) is 0.444. The molecule has 1 heterocycles. The second-order valence-corrected chi connectivity index (χ2v) is 3.76. The summed E-state index contributed by atoms with van der Waals surface area (Å²) in [6.45, 7) is 1.35. The smallest absolute Gasteiger partial charge is 0.332 e. The van der Waals surface area contributed by atoms with Gasteiger partial charge in [0.25, 0.3) is 0 Å². The van der Waals surface area contributed by atoms with Crippen molar-refractivity contribution in [3.8, 4) is 0 Å². The van der Waals surface area contributed by atoms with E-state index in [-0.39, 0.29) is 35.6 Å². The summed E-state index contributed by atoms with van der Waals surface area (Å²) in [4.78, 5) is 30.4. The Morgan fingerprint density at radius 3 is 2.61 bits per heavy atom. The molecule has 1 amide bonds. The number of anilines is 2. The van der Waals surface area contributed by atoms with Gasteiger partial charge in [-0.15, -0.1) is 0 Å². The van der Waals surface area contributed by atoms with E-state index < -0.39 is 4.92 Å². The van der Waals surface area contributed by atoms with Gasteiger partial charge in [-0.3, -0.25) is 14.9 Å². The highest BCUT2D eigenvalue weighted by Crippen LogP contribution is 2.25. The van der Waals surface area contributed by atoms with E-state index in [4.69, 9.17) is 5.73 Å². The molecule has 0 unspecified atom stereocenters. The SMILES string of the molecule is Cc1nc(N)nc(NCC(=O)N(C)C)c1[N+](=O)[O-]. The van der Waals surface area contributed by atoms with Crippen molar-refractivity contribution in [1.82, 2.24) is 14.9 Å². The Bertz CT molecular complexity index is 487. The van der Waals surface area contributed by atoms with E-state index in [1.165, 1.54) is 11.8 Å². The molecule has 9 nitrogen and oxygen atoms in total. The van der Waals surface area contributed by atoms with Crippen molar-refractivity contribution in [2.45, 2.75) is 6.92 Å². The first-order chi connectivity index (χ1) is 8.32.